The quantitative estimate of drug-likeness (QED) is 0.473. The minimum absolute atomic E-state index is 0.0147. The van der Waals surface area contributed by atoms with E-state index in [0.717, 1.165) is 12.0 Å². The topological polar surface area (TPSA) is 97.9 Å². The summed E-state index contributed by atoms with van der Waals surface area (Å²) in [5.74, 6) is -4.52. The summed E-state index contributed by atoms with van der Waals surface area (Å²) in [6.45, 7) is 2.59. The molecule has 42 heavy (non-hydrogen) atoms. The summed E-state index contributed by atoms with van der Waals surface area (Å²) >= 11 is 0. The van der Waals surface area contributed by atoms with Gasteiger partial charge in [0.05, 0.1) is 6.04 Å². The maximum absolute atomic E-state index is 14.8. The molecule has 2 saturated heterocycles. The van der Waals surface area contributed by atoms with Gasteiger partial charge >= 0.3 is 0 Å². The number of rotatable bonds is 6. The second-order valence-corrected chi connectivity index (χ2v) is 11.4. The number of likely N-dealkylation sites (tertiary alicyclic amines) is 1. The average Bonchev–Trinajstić information content (AvgIpc) is 3.30. The molecule has 3 aliphatic rings. The lowest BCUT2D eigenvalue weighted by Gasteiger charge is -2.48. The molecule has 2 N–H and O–H groups in total. The highest BCUT2D eigenvalue weighted by molar-refractivity contribution is 5.99. The summed E-state index contributed by atoms with van der Waals surface area (Å²) in [4.78, 5) is 43.7. The van der Waals surface area contributed by atoms with Gasteiger partial charge < -0.3 is 19.9 Å². The third kappa shape index (κ3) is 4.56. The summed E-state index contributed by atoms with van der Waals surface area (Å²) < 4.78 is 50.9. The van der Waals surface area contributed by atoms with Gasteiger partial charge in [0.15, 0.2) is 11.4 Å². The molecule has 8 nitrogen and oxygen atoms in total. The van der Waals surface area contributed by atoms with Crippen LogP contribution in [0.2, 0.25) is 0 Å². The van der Waals surface area contributed by atoms with Crippen LogP contribution in [0.1, 0.15) is 70.6 Å². The number of nitrogens with zero attached hydrogens (tertiary/aromatic N) is 3. The number of ether oxygens (including phenoxy) is 1. The van der Waals surface area contributed by atoms with E-state index in [2.05, 4.69) is 0 Å². The molecule has 2 aromatic carbocycles. The standard InChI is InChI=1S/C31H31F3N4O4/c1-18-8-10-31(9-5-11-36(31)14-21-23(33)12-20(32)13-24(21)34)25-16-37(18)30(41)26-28(42-17-19-6-3-2-4-7-19)27(39)22(29(35)40)15-38(25)26/h2-4,6-7,12-13,15,18,25H,5,8-11,14,16-17H2,1H3,(H2,35,40)/t18-,25+,31+/m0/s1. The molecule has 0 aliphatic carbocycles. The van der Waals surface area contributed by atoms with Gasteiger partial charge in [-0.05, 0) is 44.7 Å². The SMILES string of the molecule is C[C@H]1CC[C@]2(CCCN2Cc2c(F)cc(F)cc2F)[C@H]2CN1C(=O)c1c(OCc3ccccc3)c(=O)c(C(N)=O)cn12. The first-order chi connectivity index (χ1) is 20.1. The van der Waals surface area contributed by atoms with E-state index >= 15 is 0 Å². The molecule has 6 rings (SSSR count). The van der Waals surface area contributed by atoms with Crippen molar-refractivity contribution in [2.45, 2.75) is 63.4 Å². The van der Waals surface area contributed by atoms with Gasteiger partial charge in [-0.2, -0.15) is 0 Å². The lowest BCUT2D eigenvalue weighted by Crippen LogP contribution is -2.56. The molecule has 1 aromatic heterocycles. The van der Waals surface area contributed by atoms with Crippen molar-refractivity contribution in [1.82, 2.24) is 14.4 Å². The molecule has 3 atom stereocenters. The molecule has 0 radical (unpaired) electrons. The predicted molar refractivity (Wildman–Crippen MR) is 147 cm³/mol. The number of aromatic nitrogens is 1. The van der Waals surface area contributed by atoms with Crippen LogP contribution in [-0.2, 0) is 13.2 Å². The van der Waals surface area contributed by atoms with Crippen molar-refractivity contribution < 1.29 is 27.5 Å². The normalized spacial score (nSPS) is 23.6. The number of amides is 2. The van der Waals surface area contributed by atoms with Crippen molar-refractivity contribution in [1.29, 1.82) is 0 Å². The molecule has 2 fully saturated rings. The Balaban J connectivity index is 1.50. The van der Waals surface area contributed by atoms with Crippen molar-refractivity contribution in [2.24, 2.45) is 5.73 Å². The number of halogens is 3. The van der Waals surface area contributed by atoms with E-state index in [-0.39, 0.29) is 48.3 Å². The first-order valence-electron chi connectivity index (χ1n) is 14.1. The Morgan fingerprint density at radius 1 is 1.10 bits per heavy atom. The van der Waals surface area contributed by atoms with E-state index < -0.39 is 46.3 Å². The van der Waals surface area contributed by atoms with Crippen LogP contribution in [0.4, 0.5) is 13.2 Å². The first-order valence-corrected chi connectivity index (χ1v) is 14.1. The molecule has 2 amide bonds. The van der Waals surface area contributed by atoms with Crippen LogP contribution in [0.25, 0.3) is 0 Å². The van der Waals surface area contributed by atoms with E-state index in [1.165, 1.54) is 6.20 Å². The maximum Gasteiger partial charge on any atom is 0.274 e. The van der Waals surface area contributed by atoms with Gasteiger partial charge in [0, 0.05) is 48.6 Å². The lowest BCUT2D eigenvalue weighted by atomic mass is 9.81. The minimum Gasteiger partial charge on any atom is -0.483 e. The molecule has 0 saturated carbocycles. The summed E-state index contributed by atoms with van der Waals surface area (Å²) in [5, 5.41) is 0. The van der Waals surface area contributed by atoms with Crippen LogP contribution in [0.3, 0.4) is 0 Å². The average molecular weight is 581 g/mol. The summed E-state index contributed by atoms with van der Waals surface area (Å²) in [6, 6.07) is 9.78. The van der Waals surface area contributed by atoms with Gasteiger partial charge in [-0.25, -0.2) is 13.2 Å². The lowest BCUT2D eigenvalue weighted by molar-refractivity contribution is 0.0351. The third-order valence-corrected chi connectivity index (χ3v) is 9.12. The molecular formula is C31H31F3N4O4. The highest BCUT2D eigenvalue weighted by Gasteiger charge is 2.54. The van der Waals surface area contributed by atoms with Crippen LogP contribution in [0.15, 0.2) is 53.5 Å². The summed E-state index contributed by atoms with van der Waals surface area (Å²) in [5.41, 5.74) is 4.42. The van der Waals surface area contributed by atoms with Crippen LogP contribution >= 0.6 is 0 Å². The summed E-state index contributed by atoms with van der Waals surface area (Å²) in [6.07, 6.45) is 3.90. The van der Waals surface area contributed by atoms with E-state index in [0.29, 0.717) is 37.9 Å². The second kappa shape index (κ2) is 10.6. The monoisotopic (exact) mass is 580 g/mol. The number of pyridine rings is 1. The molecule has 220 valence electrons. The number of carbonyl (C=O) groups excluding carboxylic acids is 2. The zero-order valence-electron chi connectivity index (χ0n) is 23.1. The van der Waals surface area contributed by atoms with Gasteiger partial charge in [0.25, 0.3) is 11.8 Å². The largest absolute Gasteiger partial charge is 0.483 e. The van der Waals surface area contributed by atoms with Crippen LogP contribution in [-0.4, -0.2) is 50.9 Å². The van der Waals surface area contributed by atoms with Crippen LogP contribution < -0.4 is 15.9 Å². The molecule has 2 bridgehead atoms. The Kier molecular flexibility index (Phi) is 7.08. The highest BCUT2D eigenvalue weighted by atomic mass is 19.1. The van der Waals surface area contributed by atoms with Gasteiger partial charge in [-0.1, -0.05) is 30.3 Å². The number of primary amides is 1. The molecule has 0 unspecified atom stereocenters. The Morgan fingerprint density at radius 2 is 1.81 bits per heavy atom. The number of hydrogen-bond donors (Lipinski definition) is 1. The van der Waals surface area contributed by atoms with Gasteiger partial charge in [-0.3, -0.25) is 19.3 Å². The summed E-state index contributed by atoms with van der Waals surface area (Å²) in [7, 11) is 0. The van der Waals surface area contributed by atoms with Crippen molar-refractivity contribution in [3.05, 3.63) is 98.7 Å². The molecule has 3 aliphatic heterocycles. The Morgan fingerprint density at radius 3 is 2.50 bits per heavy atom. The third-order valence-electron chi connectivity index (χ3n) is 9.12. The van der Waals surface area contributed by atoms with E-state index in [4.69, 9.17) is 10.5 Å². The van der Waals surface area contributed by atoms with Crippen molar-refractivity contribution in [3.63, 3.8) is 0 Å². The van der Waals surface area contributed by atoms with Crippen LogP contribution in [0, 0.1) is 17.5 Å². The zero-order valence-corrected chi connectivity index (χ0v) is 23.1. The molecule has 3 aromatic rings. The van der Waals surface area contributed by atoms with E-state index in [1.54, 1.807) is 9.47 Å². The van der Waals surface area contributed by atoms with E-state index in [1.807, 2.05) is 42.2 Å². The fraction of sp³-hybridized carbons (Fsp3) is 0.387. The van der Waals surface area contributed by atoms with Crippen molar-refractivity contribution >= 4 is 11.8 Å². The molecule has 4 heterocycles. The smallest absolute Gasteiger partial charge is 0.274 e. The number of hydrogen-bond acceptors (Lipinski definition) is 5. The fourth-order valence-electron chi connectivity index (χ4n) is 6.95. The fourth-order valence-corrected chi connectivity index (χ4v) is 6.95. The maximum atomic E-state index is 14.8. The predicted octanol–water partition coefficient (Wildman–Crippen LogP) is 4.16. The van der Waals surface area contributed by atoms with Crippen LogP contribution in [0.5, 0.6) is 5.75 Å². The van der Waals surface area contributed by atoms with Crippen molar-refractivity contribution in [3.8, 4) is 5.75 Å². The van der Waals surface area contributed by atoms with Gasteiger partial charge in [-0.15, -0.1) is 0 Å². The molecule has 11 heteroatoms. The van der Waals surface area contributed by atoms with Gasteiger partial charge in [0.1, 0.15) is 29.6 Å². The van der Waals surface area contributed by atoms with Crippen molar-refractivity contribution in [2.75, 3.05) is 13.1 Å². The minimum atomic E-state index is -0.991. The second-order valence-electron chi connectivity index (χ2n) is 11.4. The Hall–Kier alpha value is -4.12. The van der Waals surface area contributed by atoms with E-state index in [9.17, 15) is 27.6 Å². The Labute approximate surface area is 240 Å². The number of benzene rings is 2. The van der Waals surface area contributed by atoms with Gasteiger partial charge in [0.2, 0.25) is 5.43 Å². The molecular weight excluding hydrogens is 549 g/mol. The number of nitrogens with two attached hydrogens (primary N) is 1. The first kappa shape index (κ1) is 28.0. The zero-order chi connectivity index (χ0) is 29.8. The highest BCUT2D eigenvalue weighted by Crippen LogP contribution is 2.49. The number of fused-ring (bicyclic) bond motifs is 5. The Bertz CT molecular complexity index is 1610. The molecule has 1 spiro atoms. The number of carbonyl (C=O) groups is 2.